The molecular formula is C31H34F4N4O3. The van der Waals surface area contributed by atoms with Crippen LogP contribution >= 0.6 is 0 Å². The summed E-state index contributed by atoms with van der Waals surface area (Å²) in [6.07, 6.45) is -1.11. The van der Waals surface area contributed by atoms with E-state index < -0.39 is 23.8 Å². The maximum Gasteiger partial charge on any atom is 0.573 e. The van der Waals surface area contributed by atoms with Gasteiger partial charge in [-0.05, 0) is 62.1 Å². The van der Waals surface area contributed by atoms with Gasteiger partial charge in [0.05, 0.1) is 17.8 Å². The Hall–Kier alpha value is -3.70. The lowest BCUT2D eigenvalue weighted by Gasteiger charge is -2.36. The van der Waals surface area contributed by atoms with Gasteiger partial charge >= 0.3 is 6.36 Å². The molecule has 0 aliphatic carbocycles. The van der Waals surface area contributed by atoms with Crippen molar-refractivity contribution in [2.45, 2.75) is 57.8 Å². The number of anilines is 1. The van der Waals surface area contributed by atoms with Crippen molar-refractivity contribution >= 4 is 11.7 Å². The molecule has 3 heterocycles. The summed E-state index contributed by atoms with van der Waals surface area (Å²) in [6, 6.07) is 13.4. The van der Waals surface area contributed by atoms with Crippen molar-refractivity contribution in [2.75, 3.05) is 31.1 Å². The average molecular weight is 587 g/mol. The van der Waals surface area contributed by atoms with Gasteiger partial charge in [-0.25, -0.2) is 9.37 Å². The van der Waals surface area contributed by atoms with Crippen LogP contribution in [0.25, 0.3) is 11.1 Å². The number of halogens is 4. The second kappa shape index (κ2) is 12.7. The number of carbonyl (C=O) groups is 1. The number of ether oxygens (including phenoxy) is 2. The van der Waals surface area contributed by atoms with Gasteiger partial charge in [-0.3, -0.25) is 9.69 Å². The zero-order valence-corrected chi connectivity index (χ0v) is 23.5. The highest BCUT2D eigenvalue weighted by molar-refractivity contribution is 5.96. The van der Waals surface area contributed by atoms with Crippen LogP contribution in [0.2, 0.25) is 0 Å². The number of pyridine rings is 1. The molecule has 2 aliphatic rings. The van der Waals surface area contributed by atoms with Crippen LogP contribution in [0.15, 0.2) is 60.8 Å². The number of piperidine rings is 1. The maximum absolute atomic E-state index is 15.3. The van der Waals surface area contributed by atoms with E-state index in [1.165, 1.54) is 24.3 Å². The summed E-state index contributed by atoms with van der Waals surface area (Å²) in [5.74, 6) is -0.700. The van der Waals surface area contributed by atoms with Crippen LogP contribution in [-0.2, 0) is 11.3 Å². The van der Waals surface area contributed by atoms with Crippen molar-refractivity contribution in [2.24, 2.45) is 0 Å². The predicted octanol–water partition coefficient (Wildman–Crippen LogP) is 5.79. The zero-order valence-electron chi connectivity index (χ0n) is 23.5. The Labute approximate surface area is 242 Å². The van der Waals surface area contributed by atoms with Crippen molar-refractivity contribution in [3.05, 3.63) is 77.7 Å². The first-order valence-corrected chi connectivity index (χ1v) is 14.1. The first kappa shape index (κ1) is 29.8. The van der Waals surface area contributed by atoms with Crippen LogP contribution in [0, 0.1) is 5.82 Å². The standard InChI is InChI=1S/C31H34F4N4O3/c1-20-17-39(18-21(2)41-20)28-11-6-22(16-36-28)19-38-14-12-24(13-15-38)37-30(40)27-5-3-4-26(29(27)32)23-7-9-25(10-8-23)42-31(33,34)35/h3-11,16,20-21,24H,12-15,17-19H2,1-2H3,(H,37,40). The van der Waals surface area contributed by atoms with E-state index in [1.54, 1.807) is 6.07 Å². The van der Waals surface area contributed by atoms with E-state index in [9.17, 15) is 18.0 Å². The molecule has 2 unspecified atom stereocenters. The first-order valence-electron chi connectivity index (χ1n) is 14.1. The van der Waals surface area contributed by atoms with Crippen molar-refractivity contribution in [3.63, 3.8) is 0 Å². The van der Waals surface area contributed by atoms with Crippen LogP contribution in [0.3, 0.4) is 0 Å². The van der Waals surface area contributed by atoms with Gasteiger partial charge in [0.25, 0.3) is 5.91 Å². The molecule has 42 heavy (non-hydrogen) atoms. The molecule has 0 radical (unpaired) electrons. The Bertz CT molecular complexity index is 1350. The highest BCUT2D eigenvalue weighted by Crippen LogP contribution is 2.29. The van der Waals surface area contributed by atoms with E-state index in [0.717, 1.165) is 69.1 Å². The number of hydrogen-bond acceptors (Lipinski definition) is 6. The lowest BCUT2D eigenvalue weighted by atomic mass is 10.0. The molecule has 2 aliphatic heterocycles. The molecule has 2 aromatic carbocycles. The van der Waals surface area contributed by atoms with Crippen molar-refractivity contribution < 1.29 is 31.8 Å². The minimum absolute atomic E-state index is 0.0959. The Balaban J connectivity index is 1.13. The quantitative estimate of drug-likeness (QED) is 0.354. The molecule has 5 rings (SSSR count). The van der Waals surface area contributed by atoms with E-state index in [-0.39, 0.29) is 29.4 Å². The summed E-state index contributed by atoms with van der Waals surface area (Å²) in [5, 5.41) is 2.95. The number of nitrogens with zero attached hydrogens (tertiary/aromatic N) is 3. The van der Waals surface area contributed by atoms with Crippen molar-refractivity contribution in [1.29, 1.82) is 0 Å². The van der Waals surface area contributed by atoms with Gasteiger partial charge in [-0.15, -0.1) is 13.2 Å². The number of alkyl halides is 3. The minimum Gasteiger partial charge on any atom is -0.406 e. The third kappa shape index (κ3) is 7.57. The molecule has 0 saturated carbocycles. The SMILES string of the molecule is CC1CN(c2ccc(CN3CCC(NC(=O)c4cccc(-c5ccc(OC(F)(F)F)cc5)c4F)CC3)cn2)CC(C)O1. The van der Waals surface area contributed by atoms with Gasteiger partial charge in [0, 0.05) is 50.5 Å². The molecule has 224 valence electrons. The van der Waals surface area contributed by atoms with Gasteiger partial charge in [0.1, 0.15) is 17.4 Å². The van der Waals surface area contributed by atoms with Gasteiger partial charge in [0.15, 0.2) is 0 Å². The van der Waals surface area contributed by atoms with Crippen LogP contribution in [-0.4, -0.2) is 66.6 Å². The van der Waals surface area contributed by atoms with Gasteiger partial charge in [0.2, 0.25) is 0 Å². The largest absolute Gasteiger partial charge is 0.573 e. The van der Waals surface area contributed by atoms with Crippen molar-refractivity contribution in [1.82, 2.24) is 15.2 Å². The number of hydrogen-bond donors (Lipinski definition) is 1. The zero-order chi connectivity index (χ0) is 29.9. The summed E-state index contributed by atoms with van der Waals surface area (Å²) in [7, 11) is 0. The summed E-state index contributed by atoms with van der Waals surface area (Å²) in [4.78, 5) is 22.2. The molecule has 2 atom stereocenters. The van der Waals surface area contributed by atoms with E-state index >= 15 is 4.39 Å². The number of morpholine rings is 1. The summed E-state index contributed by atoms with van der Waals surface area (Å²) in [6.45, 7) is 8.09. The van der Waals surface area contributed by atoms with E-state index in [2.05, 4.69) is 50.8 Å². The average Bonchev–Trinajstić information content (AvgIpc) is 2.94. The lowest BCUT2D eigenvalue weighted by Crippen LogP contribution is -2.45. The molecule has 1 amide bonds. The lowest BCUT2D eigenvalue weighted by molar-refractivity contribution is -0.274. The molecule has 7 nitrogen and oxygen atoms in total. The molecule has 0 bridgehead atoms. The maximum atomic E-state index is 15.3. The summed E-state index contributed by atoms with van der Waals surface area (Å²) in [5.41, 5.74) is 1.46. The van der Waals surface area contributed by atoms with Crippen LogP contribution in [0.1, 0.15) is 42.6 Å². The topological polar surface area (TPSA) is 66.9 Å². The fourth-order valence-corrected chi connectivity index (χ4v) is 5.59. The number of carbonyl (C=O) groups excluding carboxylic acids is 1. The molecule has 2 saturated heterocycles. The molecule has 11 heteroatoms. The van der Waals surface area contributed by atoms with E-state index in [0.29, 0.717) is 5.56 Å². The first-order chi connectivity index (χ1) is 20.0. The Morgan fingerprint density at radius 3 is 2.33 bits per heavy atom. The van der Waals surface area contributed by atoms with Crippen molar-refractivity contribution in [3.8, 4) is 16.9 Å². The van der Waals surface area contributed by atoms with E-state index in [1.807, 2.05) is 6.20 Å². The fraction of sp³-hybridized carbons (Fsp3) is 0.419. The van der Waals surface area contributed by atoms with Crippen LogP contribution < -0.4 is 15.0 Å². The summed E-state index contributed by atoms with van der Waals surface area (Å²) < 4.78 is 62.3. The second-order valence-electron chi connectivity index (χ2n) is 11.0. The van der Waals surface area contributed by atoms with Crippen LogP contribution in [0.5, 0.6) is 5.75 Å². The summed E-state index contributed by atoms with van der Waals surface area (Å²) >= 11 is 0. The van der Waals surface area contributed by atoms with Gasteiger partial charge in [-0.2, -0.15) is 0 Å². The minimum atomic E-state index is -4.81. The van der Waals surface area contributed by atoms with Gasteiger partial charge in [-0.1, -0.05) is 30.3 Å². The van der Waals surface area contributed by atoms with Gasteiger partial charge < -0.3 is 19.7 Å². The molecule has 1 aromatic heterocycles. The molecule has 1 N–H and O–H groups in total. The highest BCUT2D eigenvalue weighted by Gasteiger charge is 2.31. The number of rotatable bonds is 7. The molecule has 0 spiro atoms. The molecule has 2 fully saturated rings. The number of likely N-dealkylation sites (tertiary alicyclic amines) is 1. The highest BCUT2D eigenvalue weighted by atomic mass is 19.4. The third-order valence-corrected chi connectivity index (χ3v) is 7.52. The number of amides is 1. The molecule has 3 aromatic rings. The Morgan fingerprint density at radius 2 is 1.71 bits per heavy atom. The monoisotopic (exact) mass is 586 g/mol. The Kier molecular flexibility index (Phi) is 8.98. The van der Waals surface area contributed by atoms with Crippen LogP contribution in [0.4, 0.5) is 23.4 Å². The second-order valence-corrected chi connectivity index (χ2v) is 11.0. The molecular weight excluding hydrogens is 552 g/mol. The number of benzene rings is 2. The Morgan fingerprint density at radius 1 is 1.02 bits per heavy atom. The normalized spacial score (nSPS) is 20.4. The fourth-order valence-electron chi connectivity index (χ4n) is 5.59. The third-order valence-electron chi connectivity index (χ3n) is 7.52. The number of aromatic nitrogens is 1. The smallest absolute Gasteiger partial charge is 0.406 e. The van der Waals surface area contributed by atoms with E-state index in [4.69, 9.17) is 4.74 Å². The predicted molar refractivity (Wildman–Crippen MR) is 151 cm³/mol. The number of nitrogens with one attached hydrogen (secondary N) is 1.